The van der Waals surface area contributed by atoms with Crippen LogP contribution in [0.2, 0.25) is 0 Å². The Hall–Kier alpha value is -1.04. The van der Waals surface area contributed by atoms with Gasteiger partial charge in [-0.25, -0.2) is 0 Å². The largest absolute Gasteiger partial charge is 0.0879 e. The summed E-state index contributed by atoms with van der Waals surface area (Å²) in [5.74, 6) is 3.71. The van der Waals surface area contributed by atoms with Gasteiger partial charge in [-0.1, -0.05) is 141 Å². The highest BCUT2D eigenvalue weighted by Gasteiger charge is 2.26. The summed E-state index contributed by atoms with van der Waals surface area (Å²) in [6.07, 6.45) is 31.4. The van der Waals surface area contributed by atoms with Crippen LogP contribution in [0.4, 0.5) is 0 Å². The Morgan fingerprint density at radius 1 is 0.944 bits per heavy atom. The summed E-state index contributed by atoms with van der Waals surface area (Å²) in [7, 11) is 0. The Bertz CT molecular complexity index is 734. The topological polar surface area (TPSA) is 0 Å². The van der Waals surface area contributed by atoms with Gasteiger partial charge in [0.2, 0.25) is 0 Å². The minimum Gasteiger partial charge on any atom is -0.0879 e. The molecular formula is C36H62. The van der Waals surface area contributed by atoms with Crippen molar-refractivity contribution in [3.05, 3.63) is 47.1 Å². The first kappa shape index (κ1) is 31.2. The van der Waals surface area contributed by atoms with Crippen molar-refractivity contribution in [2.75, 3.05) is 0 Å². The highest BCUT2D eigenvalue weighted by Crippen LogP contribution is 2.40. The number of hydrogen-bond donors (Lipinski definition) is 0. The van der Waals surface area contributed by atoms with Crippen LogP contribution in [0.15, 0.2) is 47.1 Å². The van der Waals surface area contributed by atoms with Gasteiger partial charge in [0.1, 0.15) is 0 Å². The molecule has 0 N–H and O–H groups in total. The Kier molecular flexibility index (Phi) is 13.9. The molecule has 4 unspecified atom stereocenters. The van der Waals surface area contributed by atoms with Gasteiger partial charge in [0.25, 0.3) is 0 Å². The van der Waals surface area contributed by atoms with Crippen molar-refractivity contribution in [3.63, 3.8) is 0 Å². The molecule has 36 heavy (non-hydrogen) atoms. The molecule has 2 aliphatic carbocycles. The number of unbranched alkanes of at least 4 members (excludes halogenated alkanes) is 3. The highest BCUT2D eigenvalue weighted by molar-refractivity contribution is 5.34. The Labute approximate surface area is 227 Å². The molecule has 0 aromatic rings. The van der Waals surface area contributed by atoms with Crippen LogP contribution in [0.1, 0.15) is 145 Å². The van der Waals surface area contributed by atoms with Crippen LogP contribution in [0, 0.1) is 35.0 Å². The lowest BCUT2D eigenvalue weighted by Crippen LogP contribution is -2.18. The molecule has 0 amide bonds. The van der Waals surface area contributed by atoms with E-state index in [0.29, 0.717) is 23.2 Å². The fraction of sp³-hybridized carbons (Fsp3) is 0.778. The molecule has 0 saturated heterocycles. The van der Waals surface area contributed by atoms with Gasteiger partial charge in [-0.15, -0.1) is 0 Å². The number of hydrogen-bond acceptors (Lipinski definition) is 0. The lowest BCUT2D eigenvalue weighted by atomic mass is 9.73. The van der Waals surface area contributed by atoms with E-state index in [-0.39, 0.29) is 0 Å². The zero-order valence-electron chi connectivity index (χ0n) is 25.7. The van der Waals surface area contributed by atoms with Gasteiger partial charge >= 0.3 is 0 Å². The highest BCUT2D eigenvalue weighted by atomic mass is 14.3. The van der Waals surface area contributed by atoms with Crippen molar-refractivity contribution in [2.45, 2.75) is 145 Å². The van der Waals surface area contributed by atoms with Crippen LogP contribution >= 0.6 is 0 Å². The molecule has 2 aliphatic rings. The fourth-order valence-electron chi connectivity index (χ4n) is 6.20. The number of allylic oxidation sites excluding steroid dienone is 8. The van der Waals surface area contributed by atoms with E-state index < -0.39 is 0 Å². The minimum atomic E-state index is 0.416. The lowest BCUT2D eigenvalue weighted by Gasteiger charge is -2.32. The Morgan fingerprint density at radius 3 is 2.22 bits per heavy atom. The predicted molar refractivity (Wildman–Crippen MR) is 163 cm³/mol. The fourth-order valence-corrected chi connectivity index (χ4v) is 6.20. The van der Waals surface area contributed by atoms with Crippen LogP contribution in [-0.4, -0.2) is 0 Å². The van der Waals surface area contributed by atoms with Gasteiger partial charge in [0.05, 0.1) is 0 Å². The molecule has 2 rings (SSSR count). The molecule has 4 atom stereocenters. The van der Waals surface area contributed by atoms with Crippen LogP contribution in [0.3, 0.4) is 0 Å². The molecular weight excluding hydrogens is 432 g/mol. The minimum absolute atomic E-state index is 0.416. The quantitative estimate of drug-likeness (QED) is 0.157. The standard InChI is InChI=1S/C36H62/c1-9-17-34(32-20-15-12-16-21-32)35(30(5)19-14-11-10-13-18-29(4)28(2)3)33-24-22-31(23-25-33)26-27-36(6,7)8/h15,20,22-24,28-30,32-33H,9-14,16-19,21,25-27H2,1-8H3/b35-34+. The van der Waals surface area contributed by atoms with Crippen molar-refractivity contribution in [3.8, 4) is 0 Å². The van der Waals surface area contributed by atoms with Crippen LogP contribution < -0.4 is 0 Å². The van der Waals surface area contributed by atoms with Crippen LogP contribution in [0.5, 0.6) is 0 Å². The Morgan fingerprint density at radius 2 is 1.67 bits per heavy atom. The zero-order valence-corrected chi connectivity index (χ0v) is 25.7. The van der Waals surface area contributed by atoms with E-state index in [1.165, 1.54) is 89.9 Å². The van der Waals surface area contributed by atoms with Crippen molar-refractivity contribution in [1.29, 1.82) is 0 Å². The molecule has 0 saturated carbocycles. The summed E-state index contributed by atoms with van der Waals surface area (Å²) in [4.78, 5) is 0. The van der Waals surface area contributed by atoms with Gasteiger partial charge in [-0.2, -0.15) is 0 Å². The van der Waals surface area contributed by atoms with Gasteiger partial charge < -0.3 is 0 Å². The smallest absolute Gasteiger partial charge is 0.00202 e. The summed E-state index contributed by atoms with van der Waals surface area (Å²) in [6, 6.07) is 0. The zero-order chi connectivity index (χ0) is 26.6. The summed E-state index contributed by atoms with van der Waals surface area (Å²) >= 11 is 0. The third-order valence-electron chi connectivity index (χ3n) is 9.05. The maximum absolute atomic E-state index is 2.60. The molecule has 0 spiro atoms. The maximum atomic E-state index is 2.60. The molecule has 0 heteroatoms. The molecule has 0 nitrogen and oxygen atoms in total. The molecule has 0 fully saturated rings. The normalized spacial score (nSPS) is 23.0. The SMILES string of the molecule is CCC/C(=C(/C(C)CCCCCCC(C)C(C)C)C1C=CC(CCC(C)(C)C)=CC1)C1C=CCCC1. The Balaban J connectivity index is 2.09. The molecule has 0 aromatic heterocycles. The van der Waals surface area contributed by atoms with Gasteiger partial charge in [-0.3, -0.25) is 0 Å². The summed E-state index contributed by atoms with van der Waals surface area (Å²) < 4.78 is 0. The van der Waals surface area contributed by atoms with Crippen molar-refractivity contribution in [1.82, 2.24) is 0 Å². The second-order valence-electron chi connectivity index (χ2n) is 13.9. The van der Waals surface area contributed by atoms with E-state index in [9.17, 15) is 0 Å². The predicted octanol–water partition coefficient (Wildman–Crippen LogP) is 12.0. The average molecular weight is 495 g/mol. The first-order valence-electron chi connectivity index (χ1n) is 15.9. The monoisotopic (exact) mass is 494 g/mol. The molecule has 206 valence electrons. The van der Waals surface area contributed by atoms with E-state index in [4.69, 9.17) is 0 Å². The summed E-state index contributed by atoms with van der Waals surface area (Å²) in [6.45, 7) is 19.2. The molecule has 0 aliphatic heterocycles. The second kappa shape index (κ2) is 16.0. The van der Waals surface area contributed by atoms with E-state index in [1.807, 2.05) is 11.1 Å². The third-order valence-corrected chi connectivity index (χ3v) is 9.05. The first-order chi connectivity index (χ1) is 17.1. The van der Waals surface area contributed by atoms with Crippen molar-refractivity contribution < 1.29 is 0 Å². The first-order valence-corrected chi connectivity index (χ1v) is 15.9. The van der Waals surface area contributed by atoms with Crippen LogP contribution in [-0.2, 0) is 0 Å². The van der Waals surface area contributed by atoms with E-state index in [1.54, 1.807) is 5.57 Å². The lowest BCUT2D eigenvalue weighted by molar-refractivity contribution is 0.373. The maximum Gasteiger partial charge on any atom is 0.00202 e. The van der Waals surface area contributed by atoms with Gasteiger partial charge in [0.15, 0.2) is 0 Å². The van der Waals surface area contributed by atoms with Crippen molar-refractivity contribution >= 4 is 0 Å². The number of rotatable bonds is 15. The average Bonchev–Trinajstić information content (AvgIpc) is 2.85. The van der Waals surface area contributed by atoms with Crippen molar-refractivity contribution in [2.24, 2.45) is 35.0 Å². The molecule has 0 heterocycles. The van der Waals surface area contributed by atoms with E-state index in [2.05, 4.69) is 85.8 Å². The van der Waals surface area contributed by atoms with Crippen LogP contribution in [0.25, 0.3) is 0 Å². The van der Waals surface area contributed by atoms with Gasteiger partial charge in [-0.05, 0) is 80.5 Å². The molecule has 0 bridgehead atoms. The molecule has 0 aromatic carbocycles. The van der Waals surface area contributed by atoms with E-state index in [0.717, 1.165) is 11.8 Å². The van der Waals surface area contributed by atoms with Gasteiger partial charge in [0, 0.05) is 5.92 Å². The summed E-state index contributed by atoms with van der Waals surface area (Å²) in [5, 5.41) is 0. The third kappa shape index (κ3) is 11.1. The summed E-state index contributed by atoms with van der Waals surface area (Å²) in [5.41, 5.74) is 5.62. The van der Waals surface area contributed by atoms with E-state index >= 15 is 0 Å². The molecule has 0 radical (unpaired) electrons. The second-order valence-corrected chi connectivity index (χ2v) is 13.9.